The Hall–Kier alpha value is -0.610. The maximum atomic E-state index is 11.8. The van der Waals surface area contributed by atoms with Crippen molar-refractivity contribution in [3.63, 3.8) is 0 Å². The number of hydrogen-bond acceptors (Lipinski definition) is 3. The van der Waals surface area contributed by atoms with Gasteiger partial charge in [-0.05, 0) is 38.6 Å². The number of carbonyl (C=O) groups excluding carboxylic acids is 1. The number of rotatable bonds is 4. The van der Waals surface area contributed by atoms with Gasteiger partial charge in [-0.15, -0.1) is 0 Å². The molecule has 0 saturated carbocycles. The Labute approximate surface area is 104 Å². The van der Waals surface area contributed by atoms with Crippen molar-refractivity contribution in [2.45, 2.75) is 63.6 Å². The molecule has 98 valence electrons. The van der Waals surface area contributed by atoms with Gasteiger partial charge in [-0.1, -0.05) is 13.3 Å². The Kier molecular flexibility index (Phi) is 4.40. The molecule has 2 aliphatic heterocycles. The third kappa shape index (κ3) is 3.19. The van der Waals surface area contributed by atoms with E-state index in [9.17, 15) is 4.79 Å². The average molecular weight is 239 g/mol. The van der Waals surface area contributed by atoms with Crippen molar-refractivity contribution in [3.05, 3.63) is 0 Å². The van der Waals surface area contributed by atoms with Crippen LogP contribution in [0.25, 0.3) is 0 Å². The number of nitrogens with two attached hydrogens (primary N) is 1. The molecule has 4 heteroatoms. The van der Waals surface area contributed by atoms with Crippen LogP contribution in [0.2, 0.25) is 0 Å². The van der Waals surface area contributed by atoms with E-state index in [2.05, 4.69) is 17.1 Å². The first-order valence-electron chi connectivity index (χ1n) is 7.00. The van der Waals surface area contributed by atoms with Gasteiger partial charge in [0, 0.05) is 18.6 Å². The van der Waals surface area contributed by atoms with Gasteiger partial charge in [0.15, 0.2) is 0 Å². The van der Waals surface area contributed by atoms with Gasteiger partial charge in [-0.25, -0.2) is 0 Å². The number of nitrogens with zero attached hydrogens (tertiary/aromatic N) is 1. The molecule has 0 spiro atoms. The molecule has 17 heavy (non-hydrogen) atoms. The average Bonchev–Trinajstić information content (AvgIpc) is 2.76. The van der Waals surface area contributed by atoms with Crippen LogP contribution in [-0.2, 0) is 4.79 Å². The van der Waals surface area contributed by atoms with E-state index in [-0.39, 0.29) is 11.9 Å². The third-order valence-corrected chi connectivity index (χ3v) is 4.10. The van der Waals surface area contributed by atoms with Gasteiger partial charge in [-0.3, -0.25) is 4.79 Å². The summed E-state index contributed by atoms with van der Waals surface area (Å²) in [5, 5.41) is 3.13. The summed E-state index contributed by atoms with van der Waals surface area (Å²) in [6.45, 7) is 4.45. The Morgan fingerprint density at radius 2 is 2.29 bits per heavy atom. The summed E-state index contributed by atoms with van der Waals surface area (Å²) in [6.07, 6.45) is 6.57. The third-order valence-electron chi connectivity index (χ3n) is 4.10. The monoisotopic (exact) mass is 239 g/mol. The van der Waals surface area contributed by atoms with E-state index >= 15 is 0 Å². The van der Waals surface area contributed by atoms with Crippen molar-refractivity contribution >= 4 is 5.91 Å². The highest BCUT2D eigenvalue weighted by Crippen LogP contribution is 2.26. The van der Waals surface area contributed by atoms with Crippen molar-refractivity contribution in [1.29, 1.82) is 0 Å². The minimum absolute atomic E-state index is 0.0447. The highest BCUT2D eigenvalue weighted by Gasteiger charge is 2.32. The Balaban J connectivity index is 1.77. The summed E-state index contributed by atoms with van der Waals surface area (Å²) in [7, 11) is 0. The molecule has 2 fully saturated rings. The first kappa shape index (κ1) is 12.8. The molecule has 0 aliphatic carbocycles. The molecule has 0 aromatic heterocycles. The number of amides is 1. The molecule has 0 bridgehead atoms. The summed E-state index contributed by atoms with van der Waals surface area (Å²) in [5.41, 5.74) is 5.83. The van der Waals surface area contributed by atoms with Crippen LogP contribution in [0, 0.1) is 0 Å². The fraction of sp³-hybridized carbons (Fsp3) is 0.923. The van der Waals surface area contributed by atoms with Crippen LogP contribution in [0.3, 0.4) is 0 Å². The number of carbonyl (C=O) groups is 1. The SMILES string of the molecule is CCC[C@@H](N)C(=O)NC1CCN2CCCC2C1. The van der Waals surface area contributed by atoms with Gasteiger partial charge < -0.3 is 16.0 Å². The number of fused-ring (bicyclic) bond motifs is 1. The lowest BCUT2D eigenvalue weighted by atomic mass is 9.97. The van der Waals surface area contributed by atoms with E-state index in [4.69, 9.17) is 5.73 Å². The van der Waals surface area contributed by atoms with Crippen molar-refractivity contribution in [1.82, 2.24) is 10.2 Å². The molecular formula is C13H25N3O. The van der Waals surface area contributed by atoms with E-state index in [0.717, 1.165) is 32.2 Å². The quantitative estimate of drug-likeness (QED) is 0.765. The van der Waals surface area contributed by atoms with E-state index in [0.29, 0.717) is 12.1 Å². The summed E-state index contributed by atoms with van der Waals surface area (Å²) >= 11 is 0. The number of nitrogens with one attached hydrogen (secondary N) is 1. The molecular weight excluding hydrogens is 214 g/mol. The van der Waals surface area contributed by atoms with Gasteiger partial charge in [0.2, 0.25) is 5.91 Å². The van der Waals surface area contributed by atoms with Crippen molar-refractivity contribution in [3.8, 4) is 0 Å². The highest BCUT2D eigenvalue weighted by atomic mass is 16.2. The minimum Gasteiger partial charge on any atom is -0.352 e. The van der Waals surface area contributed by atoms with Crippen molar-refractivity contribution in [2.75, 3.05) is 13.1 Å². The molecule has 2 saturated heterocycles. The fourth-order valence-electron chi connectivity index (χ4n) is 3.11. The van der Waals surface area contributed by atoms with E-state index < -0.39 is 0 Å². The zero-order valence-corrected chi connectivity index (χ0v) is 10.8. The van der Waals surface area contributed by atoms with E-state index in [1.807, 2.05) is 0 Å². The van der Waals surface area contributed by atoms with Crippen LogP contribution >= 0.6 is 0 Å². The van der Waals surface area contributed by atoms with Crippen LogP contribution in [0.1, 0.15) is 45.4 Å². The van der Waals surface area contributed by atoms with Gasteiger partial charge in [-0.2, -0.15) is 0 Å². The molecule has 0 aromatic rings. The highest BCUT2D eigenvalue weighted by molar-refractivity contribution is 5.81. The Bertz CT molecular complexity index is 269. The molecule has 0 aromatic carbocycles. The molecule has 3 N–H and O–H groups in total. The normalized spacial score (nSPS) is 30.9. The lowest BCUT2D eigenvalue weighted by Crippen LogP contribution is -2.51. The molecule has 0 radical (unpaired) electrons. The lowest BCUT2D eigenvalue weighted by molar-refractivity contribution is -0.123. The summed E-state index contributed by atoms with van der Waals surface area (Å²) < 4.78 is 0. The Morgan fingerprint density at radius 1 is 1.47 bits per heavy atom. The van der Waals surface area contributed by atoms with E-state index in [1.54, 1.807) is 0 Å². The van der Waals surface area contributed by atoms with Crippen LogP contribution in [0.4, 0.5) is 0 Å². The minimum atomic E-state index is -0.318. The first-order chi connectivity index (χ1) is 8.20. The van der Waals surface area contributed by atoms with Gasteiger partial charge in [0.05, 0.1) is 6.04 Å². The summed E-state index contributed by atoms with van der Waals surface area (Å²) in [6, 6.07) is 0.739. The second-order valence-electron chi connectivity index (χ2n) is 5.46. The van der Waals surface area contributed by atoms with Crippen LogP contribution in [-0.4, -0.2) is 42.0 Å². The molecule has 2 unspecified atom stereocenters. The van der Waals surface area contributed by atoms with Crippen molar-refractivity contribution < 1.29 is 4.79 Å². The zero-order valence-electron chi connectivity index (χ0n) is 10.8. The van der Waals surface area contributed by atoms with Gasteiger partial charge >= 0.3 is 0 Å². The second-order valence-corrected chi connectivity index (χ2v) is 5.46. The molecule has 2 aliphatic rings. The molecule has 2 rings (SSSR count). The molecule has 4 nitrogen and oxygen atoms in total. The maximum Gasteiger partial charge on any atom is 0.237 e. The predicted octanol–water partition coefficient (Wildman–Crippen LogP) is 0.857. The van der Waals surface area contributed by atoms with Crippen molar-refractivity contribution in [2.24, 2.45) is 5.73 Å². The predicted molar refractivity (Wildman–Crippen MR) is 68.6 cm³/mol. The Morgan fingerprint density at radius 3 is 3.06 bits per heavy atom. The van der Waals surface area contributed by atoms with Gasteiger partial charge in [0.1, 0.15) is 0 Å². The fourth-order valence-corrected chi connectivity index (χ4v) is 3.11. The summed E-state index contributed by atoms with van der Waals surface area (Å²) in [4.78, 5) is 14.4. The van der Waals surface area contributed by atoms with Crippen LogP contribution < -0.4 is 11.1 Å². The smallest absolute Gasteiger partial charge is 0.237 e. The molecule has 1 amide bonds. The maximum absolute atomic E-state index is 11.8. The first-order valence-corrected chi connectivity index (χ1v) is 7.00. The summed E-state index contributed by atoms with van der Waals surface area (Å²) in [5.74, 6) is 0.0447. The topological polar surface area (TPSA) is 58.4 Å². The van der Waals surface area contributed by atoms with Crippen LogP contribution in [0.5, 0.6) is 0 Å². The standard InChI is InChI=1S/C13H25N3O/c1-2-4-12(14)13(17)15-10-6-8-16-7-3-5-11(16)9-10/h10-12H,2-9,14H2,1H3,(H,15,17)/t10?,11?,12-/m1/s1. The zero-order chi connectivity index (χ0) is 12.3. The number of piperidine rings is 1. The lowest BCUT2D eigenvalue weighted by Gasteiger charge is -2.35. The second kappa shape index (κ2) is 5.83. The van der Waals surface area contributed by atoms with Crippen LogP contribution in [0.15, 0.2) is 0 Å². The molecule has 3 atom stereocenters. The molecule has 2 heterocycles. The van der Waals surface area contributed by atoms with Gasteiger partial charge in [0.25, 0.3) is 0 Å². The van der Waals surface area contributed by atoms with E-state index in [1.165, 1.54) is 19.4 Å². The largest absolute Gasteiger partial charge is 0.352 e. The number of hydrogen-bond donors (Lipinski definition) is 2.